The molecule has 0 saturated carbocycles. The van der Waals surface area contributed by atoms with Gasteiger partial charge in [0.1, 0.15) is 10.7 Å². The second-order valence-electron chi connectivity index (χ2n) is 8.72. The lowest BCUT2D eigenvalue weighted by Crippen LogP contribution is -2.43. The van der Waals surface area contributed by atoms with Crippen LogP contribution in [0.3, 0.4) is 0 Å². The van der Waals surface area contributed by atoms with Crippen LogP contribution in [0.1, 0.15) is 64.0 Å². The molecule has 1 fully saturated rings. The van der Waals surface area contributed by atoms with Crippen LogP contribution in [-0.4, -0.2) is 57.9 Å². The van der Waals surface area contributed by atoms with Gasteiger partial charge in [0, 0.05) is 44.3 Å². The number of hydrogen-bond donors (Lipinski definition) is 1. The van der Waals surface area contributed by atoms with Gasteiger partial charge in [0.15, 0.2) is 0 Å². The molecule has 1 saturated heterocycles. The molecule has 0 atom stereocenters. The number of rotatable bonds is 8. The van der Waals surface area contributed by atoms with Gasteiger partial charge in [-0.2, -0.15) is 8.42 Å². The molecule has 0 aliphatic carbocycles. The summed E-state index contributed by atoms with van der Waals surface area (Å²) in [5.41, 5.74) is 2.52. The van der Waals surface area contributed by atoms with Crippen molar-refractivity contribution in [1.29, 1.82) is 0 Å². The van der Waals surface area contributed by atoms with Crippen molar-refractivity contribution in [3.05, 3.63) is 41.0 Å². The zero-order valence-corrected chi connectivity index (χ0v) is 20.4. The first kappa shape index (κ1) is 24.5. The first-order chi connectivity index (χ1) is 15.2. The molecule has 1 aromatic carbocycles. The number of amides is 1. The average Bonchev–Trinajstić information content (AvgIpc) is 3.02. The third-order valence-electron chi connectivity index (χ3n) is 6.11. The van der Waals surface area contributed by atoms with Gasteiger partial charge in [-0.25, -0.2) is 0 Å². The smallest absolute Gasteiger partial charge is 0.285 e. The average molecular weight is 462 g/mol. The Balaban J connectivity index is 1.63. The Kier molecular flexibility index (Phi) is 8.11. The van der Waals surface area contributed by atoms with E-state index in [1.54, 1.807) is 0 Å². The summed E-state index contributed by atoms with van der Waals surface area (Å²) in [6, 6.07) is 7.69. The quantitative estimate of drug-likeness (QED) is 0.598. The summed E-state index contributed by atoms with van der Waals surface area (Å²) < 4.78 is 35.1. The van der Waals surface area contributed by atoms with E-state index in [-0.39, 0.29) is 16.7 Å². The van der Waals surface area contributed by atoms with Gasteiger partial charge in [0.25, 0.3) is 10.0 Å². The van der Waals surface area contributed by atoms with Gasteiger partial charge in [-0.3, -0.25) is 4.79 Å². The molecule has 1 aromatic rings. The van der Waals surface area contributed by atoms with Gasteiger partial charge in [-0.05, 0) is 50.2 Å². The van der Waals surface area contributed by atoms with E-state index in [0.717, 1.165) is 6.42 Å². The van der Waals surface area contributed by atoms with E-state index in [9.17, 15) is 13.2 Å². The van der Waals surface area contributed by atoms with Crippen LogP contribution in [-0.2, 0) is 19.6 Å². The number of carbonyl (C=O) groups excluding carboxylic acids is 1. The van der Waals surface area contributed by atoms with E-state index < -0.39 is 10.0 Å². The molecule has 7 nitrogen and oxygen atoms in total. The van der Waals surface area contributed by atoms with Gasteiger partial charge < -0.3 is 15.0 Å². The van der Waals surface area contributed by atoms with Gasteiger partial charge in [-0.1, -0.05) is 38.1 Å². The van der Waals surface area contributed by atoms with Crippen molar-refractivity contribution in [3.63, 3.8) is 0 Å². The first-order valence-corrected chi connectivity index (χ1v) is 13.0. The fourth-order valence-corrected chi connectivity index (χ4v) is 5.71. The Morgan fingerprint density at radius 1 is 1.22 bits per heavy atom. The van der Waals surface area contributed by atoms with Crippen molar-refractivity contribution in [2.75, 3.05) is 32.8 Å². The minimum Gasteiger partial charge on any atom is -0.382 e. The number of amidine groups is 1. The van der Waals surface area contributed by atoms with Crippen LogP contribution in [0.15, 0.2) is 34.2 Å². The van der Waals surface area contributed by atoms with Gasteiger partial charge in [-0.15, -0.1) is 4.40 Å². The van der Waals surface area contributed by atoms with E-state index in [2.05, 4.69) is 23.6 Å². The molecule has 1 amide bonds. The molecular weight excluding hydrogens is 426 g/mol. The third kappa shape index (κ3) is 5.59. The Morgan fingerprint density at radius 2 is 1.88 bits per heavy atom. The molecule has 2 aliphatic heterocycles. The molecule has 0 spiro atoms. The van der Waals surface area contributed by atoms with Crippen LogP contribution in [0, 0.1) is 5.92 Å². The summed E-state index contributed by atoms with van der Waals surface area (Å²) >= 11 is 0. The van der Waals surface area contributed by atoms with E-state index in [4.69, 9.17) is 4.74 Å². The number of nitrogens with zero attached hydrogens (tertiary/aromatic N) is 2. The van der Waals surface area contributed by atoms with Gasteiger partial charge >= 0.3 is 0 Å². The standard InChI is InChI=1S/C24H35N3O4S/c1-5-31-16-6-13-25-24(28)21-11-14-27(15-12-21)23-18(4)22(32(29,30)26-23)20-9-7-19(8-10-20)17(2)3/h7-10,17,21H,5-6,11-16H2,1-4H3,(H,25,28). The molecular formula is C24H35N3O4S. The molecule has 32 heavy (non-hydrogen) atoms. The maximum atomic E-state index is 12.9. The number of hydrogen-bond acceptors (Lipinski definition) is 5. The second-order valence-corrected chi connectivity index (χ2v) is 10.3. The largest absolute Gasteiger partial charge is 0.382 e. The molecule has 2 heterocycles. The fourth-order valence-electron chi connectivity index (χ4n) is 4.23. The summed E-state index contributed by atoms with van der Waals surface area (Å²) in [4.78, 5) is 14.7. The summed E-state index contributed by atoms with van der Waals surface area (Å²) in [6.45, 7) is 11.2. The predicted molar refractivity (Wildman–Crippen MR) is 128 cm³/mol. The Labute approximate surface area is 192 Å². The van der Waals surface area contributed by atoms with E-state index in [1.165, 1.54) is 5.56 Å². The van der Waals surface area contributed by atoms with Crippen molar-refractivity contribution < 1.29 is 17.9 Å². The van der Waals surface area contributed by atoms with Crippen molar-refractivity contribution in [2.24, 2.45) is 10.3 Å². The predicted octanol–water partition coefficient (Wildman–Crippen LogP) is 3.54. The molecule has 8 heteroatoms. The number of ether oxygens (including phenoxy) is 1. The first-order valence-electron chi connectivity index (χ1n) is 11.5. The maximum Gasteiger partial charge on any atom is 0.285 e. The van der Waals surface area contributed by atoms with Crippen LogP contribution >= 0.6 is 0 Å². The number of sulfonamides is 1. The van der Waals surface area contributed by atoms with Gasteiger partial charge in [0.05, 0.1) is 0 Å². The number of benzene rings is 1. The molecule has 0 radical (unpaired) electrons. The van der Waals surface area contributed by atoms with Crippen molar-refractivity contribution in [2.45, 2.75) is 52.9 Å². The van der Waals surface area contributed by atoms with Crippen LogP contribution in [0.4, 0.5) is 0 Å². The summed E-state index contributed by atoms with van der Waals surface area (Å²) in [5.74, 6) is 0.919. The highest BCUT2D eigenvalue weighted by Gasteiger charge is 2.35. The lowest BCUT2D eigenvalue weighted by Gasteiger charge is -2.32. The molecule has 0 bridgehead atoms. The topological polar surface area (TPSA) is 88.1 Å². The van der Waals surface area contributed by atoms with Gasteiger partial charge in [0.2, 0.25) is 5.91 Å². The van der Waals surface area contributed by atoms with Crippen LogP contribution in [0.25, 0.3) is 4.91 Å². The zero-order chi connectivity index (χ0) is 23.3. The SMILES string of the molecule is CCOCCCNC(=O)C1CCN(C2=NS(=O)(=O)C(c3ccc(C(C)C)cc3)=C2C)CC1. The minimum absolute atomic E-state index is 0.0516. The lowest BCUT2D eigenvalue weighted by molar-refractivity contribution is -0.126. The highest BCUT2D eigenvalue weighted by Crippen LogP contribution is 2.35. The summed E-state index contributed by atoms with van der Waals surface area (Å²) in [6.07, 6.45) is 2.17. The number of carbonyl (C=O) groups is 1. The molecule has 0 aromatic heterocycles. The van der Waals surface area contributed by atoms with Crippen molar-refractivity contribution in [3.8, 4) is 0 Å². The number of likely N-dealkylation sites (tertiary alicyclic amines) is 1. The molecule has 176 valence electrons. The Hall–Kier alpha value is -2.19. The normalized spacial score (nSPS) is 18.9. The van der Waals surface area contributed by atoms with Crippen LogP contribution in [0.2, 0.25) is 0 Å². The molecule has 3 rings (SSSR count). The highest BCUT2D eigenvalue weighted by molar-refractivity contribution is 8.00. The molecule has 1 N–H and O–H groups in total. The lowest BCUT2D eigenvalue weighted by atomic mass is 9.95. The van der Waals surface area contributed by atoms with Crippen LogP contribution < -0.4 is 5.32 Å². The Morgan fingerprint density at radius 3 is 2.47 bits per heavy atom. The zero-order valence-electron chi connectivity index (χ0n) is 19.6. The monoisotopic (exact) mass is 461 g/mol. The summed E-state index contributed by atoms with van der Waals surface area (Å²) in [5, 5.41) is 2.99. The third-order valence-corrected chi connectivity index (χ3v) is 7.59. The highest BCUT2D eigenvalue weighted by atomic mass is 32.2. The minimum atomic E-state index is -3.74. The van der Waals surface area contributed by atoms with E-state index in [0.29, 0.717) is 68.6 Å². The fraction of sp³-hybridized carbons (Fsp3) is 0.583. The number of piperidine rings is 1. The maximum absolute atomic E-state index is 12.9. The van der Waals surface area contributed by atoms with Crippen LogP contribution in [0.5, 0.6) is 0 Å². The van der Waals surface area contributed by atoms with Crippen molar-refractivity contribution >= 4 is 26.7 Å². The second kappa shape index (κ2) is 10.6. The summed E-state index contributed by atoms with van der Waals surface area (Å²) in [7, 11) is -3.74. The van der Waals surface area contributed by atoms with E-state index in [1.807, 2.05) is 43.0 Å². The Bertz CT molecular complexity index is 973. The van der Waals surface area contributed by atoms with E-state index >= 15 is 0 Å². The molecule has 2 aliphatic rings. The molecule has 0 unspecified atom stereocenters. The van der Waals surface area contributed by atoms with Crippen molar-refractivity contribution in [1.82, 2.24) is 10.2 Å². The number of nitrogens with one attached hydrogen (secondary N) is 1.